The zero-order valence-electron chi connectivity index (χ0n) is 10.8. The summed E-state index contributed by atoms with van der Waals surface area (Å²) in [4.78, 5) is 2.60. The van der Waals surface area contributed by atoms with Crippen LogP contribution >= 0.6 is 22.9 Å². The summed E-state index contributed by atoms with van der Waals surface area (Å²) in [6.45, 7) is 6.25. The topological polar surface area (TPSA) is 12.0 Å². The third-order valence-electron chi connectivity index (χ3n) is 2.78. The van der Waals surface area contributed by atoms with Gasteiger partial charge in [-0.2, -0.15) is 0 Å². The Labute approximate surface area is 118 Å². The van der Waals surface area contributed by atoms with Crippen molar-refractivity contribution < 1.29 is 0 Å². The van der Waals surface area contributed by atoms with Crippen LogP contribution in [-0.4, -0.2) is 6.54 Å². The molecule has 0 aliphatic carbocycles. The summed E-state index contributed by atoms with van der Waals surface area (Å²) >= 11 is 8.10. The maximum Gasteiger partial charge on any atom is 0.0495 e. The zero-order valence-corrected chi connectivity index (χ0v) is 12.4. The van der Waals surface area contributed by atoms with Crippen LogP contribution < -0.4 is 5.32 Å². The summed E-state index contributed by atoms with van der Waals surface area (Å²) in [5, 5.41) is 4.26. The summed E-state index contributed by atoms with van der Waals surface area (Å²) < 4.78 is 0. The lowest BCUT2D eigenvalue weighted by molar-refractivity contribution is 0.681. The molecule has 96 valence electrons. The quantitative estimate of drug-likeness (QED) is 0.770. The fourth-order valence-corrected chi connectivity index (χ4v) is 3.24. The highest BCUT2D eigenvalue weighted by molar-refractivity contribution is 7.15. The Balaban J connectivity index is 2.13. The molecule has 0 amide bonds. The van der Waals surface area contributed by atoms with Crippen molar-refractivity contribution in [1.29, 1.82) is 0 Å². The molecule has 0 aliphatic heterocycles. The highest BCUT2D eigenvalue weighted by Crippen LogP contribution is 2.33. The monoisotopic (exact) mass is 279 g/mol. The lowest BCUT2D eigenvalue weighted by atomic mass is 10.1. The Morgan fingerprint density at radius 3 is 2.78 bits per heavy atom. The van der Waals surface area contributed by atoms with Crippen LogP contribution in [-0.2, 0) is 6.54 Å². The summed E-state index contributed by atoms with van der Waals surface area (Å²) in [7, 11) is 0. The fraction of sp³-hybridized carbons (Fsp3) is 0.333. The molecule has 0 unspecified atom stereocenters. The number of hydrogen-bond donors (Lipinski definition) is 1. The summed E-state index contributed by atoms with van der Waals surface area (Å²) in [6, 6.07) is 10.6. The van der Waals surface area contributed by atoms with E-state index in [-0.39, 0.29) is 0 Å². The van der Waals surface area contributed by atoms with Crippen LogP contribution in [0.3, 0.4) is 0 Å². The van der Waals surface area contributed by atoms with Crippen molar-refractivity contribution in [2.45, 2.75) is 26.8 Å². The first-order valence-corrected chi connectivity index (χ1v) is 7.46. The Kier molecular flexibility index (Phi) is 4.81. The standard InChI is InChI=1S/C15H18ClNS/c1-3-8-17-10-12-5-7-15(18-12)13-6-4-11(2)9-14(13)16/h4-7,9,17H,3,8,10H2,1-2H3. The predicted molar refractivity (Wildman–Crippen MR) is 81.5 cm³/mol. The third-order valence-corrected chi connectivity index (χ3v) is 4.21. The minimum atomic E-state index is 0.838. The van der Waals surface area contributed by atoms with Crippen molar-refractivity contribution >= 4 is 22.9 Å². The molecule has 0 spiro atoms. The molecule has 18 heavy (non-hydrogen) atoms. The van der Waals surface area contributed by atoms with Crippen molar-refractivity contribution in [2.75, 3.05) is 6.54 Å². The van der Waals surface area contributed by atoms with Crippen LogP contribution in [0.5, 0.6) is 0 Å². The average molecular weight is 280 g/mol. The van der Waals surface area contributed by atoms with Gasteiger partial charge in [0.1, 0.15) is 0 Å². The van der Waals surface area contributed by atoms with Crippen LogP contribution in [0.1, 0.15) is 23.8 Å². The normalized spacial score (nSPS) is 10.8. The molecule has 0 bridgehead atoms. The molecular weight excluding hydrogens is 262 g/mol. The maximum absolute atomic E-state index is 6.29. The van der Waals surface area contributed by atoms with Gasteiger partial charge in [0, 0.05) is 26.9 Å². The zero-order chi connectivity index (χ0) is 13.0. The lowest BCUT2D eigenvalue weighted by Crippen LogP contribution is -2.12. The largest absolute Gasteiger partial charge is 0.312 e. The van der Waals surface area contributed by atoms with Crippen molar-refractivity contribution in [3.63, 3.8) is 0 Å². The molecule has 0 atom stereocenters. The number of aryl methyl sites for hydroxylation is 1. The van der Waals surface area contributed by atoms with Crippen molar-refractivity contribution in [1.82, 2.24) is 5.32 Å². The molecule has 0 fully saturated rings. The Hall–Kier alpha value is -0.830. The second kappa shape index (κ2) is 6.37. The van der Waals surface area contributed by atoms with Crippen LogP contribution in [0.2, 0.25) is 5.02 Å². The van der Waals surface area contributed by atoms with Crippen LogP contribution in [0.25, 0.3) is 10.4 Å². The Morgan fingerprint density at radius 2 is 2.06 bits per heavy atom. The molecule has 1 nitrogen and oxygen atoms in total. The van der Waals surface area contributed by atoms with Gasteiger partial charge in [-0.1, -0.05) is 30.7 Å². The molecule has 2 aromatic rings. The molecule has 1 aromatic heterocycles. The van der Waals surface area contributed by atoms with Crippen LogP contribution in [0.15, 0.2) is 30.3 Å². The number of rotatable bonds is 5. The maximum atomic E-state index is 6.29. The number of hydrogen-bond acceptors (Lipinski definition) is 2. The number of halogens is 1. The first kappa shape index (κ1) is 13.6. The second-order valence-corrected chi connectivity index (χ2v) is 6.00. The fourth-order valence-electron chi connectivity index (χ4n) is 1.83. The molecule has 1 N–H and O–H groups in total. The first-order chi connectivity index (χ1) is 8.70. The van der Waals surface area contributed by atoms with E-state index < -0.39 is 0 Å². The van der Waals surface area contributed by atoms with E-state index in [9.17, 15) is 0 Å². The van der Waals surface area contributed by atoms with Gasteiger partial charge in [0.25, 0.3) is 0 Å². The first-order valence-electron chi connectivity index (χ1n) is 6.26. The van der Waals surface area contributed by atoms with E-state index in [1.54, 1.807) is 0 Å². The third kappa shape index (κ3) is 3.35. The van der Waals surface area contributed by atoms with Gasteiger partial charge in [-0.15, -0.1) is 11.3 Å². The van der Waals surface area contributed by atoms with Gasteiger partial charge in [-0.05, 0) is 43.7 Å². The van der Waals surface area contributed by atoms with E-state index in [1.807, 2.05) is 17.4 Å². The van der Waals surface area contributed by atoms with E-state index in [1.165, 1.54) is 21.7 Å². The van der Waals surface area contributed by atoms with Crippen LogP contribution in [0.4, 0.5) is 0 Å². The highest BCUT2D eigenvalue weighted by Gasteiger charge is 2.06. The summed E-state index contributed by atoms with van der Waals surface area (Å²) in [6.07, 6.45) is 1.17. The molecule has 0 saturated carbocycles. The highest BCUT2D eigenvalue weighted by atomic mass is 35.5. The average Bonchev–Trinajstić information content (AvgIpc) is 2.78. The van der Waals surface area contributed by atoms with Gasteiger partial charge < -0.3 is 5.32 Å². The van der Waals surface area contributed by atoms with Crippen LogP contribution in [0, 0.1) is 6.92 Å². The van der Waals surface area contributed by atoms with Crippen molar-refractivity contribution in [3.8, 4) is 10.4 Å². The molecule has 0 saturated heterocycles. The second-order valence-electron chi connectivity index (χ2n) is 4.43. The van der Waals surface area contributed by atoms with Gasteiger partial charge in [-0.25, -0.2) is 0 Å². The molecular formula is C15H18ClNS. The molecule has 0 aliphatic rings. The van der Waals surface area contributed by atoms with Gasteiger partial charge in [0.15, 0.2) is 0 Å². The van der Waals surface area contributed by atoms with Gasteiger partial charge in [-0.3, -0.25) is 0 Å². The van der Waals surface area contributed by atoms with E-state index >= 15 is 0 Å². The lowest BCUT2D eigenvalue weighted by Gasteiger charge is -2.02. The van der Waals surface area contributed by atoms with E-state index in [2.05, 4.69) is 43.4 Å². The number of benzene rings is 1. The molecule has 0 radical (unpaired) electrons. The predicted octanol–water partition coefficient (Wildman–Crippen LogP) is 4.88. The minimum absolute atomic E-state index is 0.838. The van der Waals surface area contributed by atoms with Gasteiger partial charge in [0.2, 0.25) is 0 Å². The molecule has 1 heterocycles. The van der Waals surface area contributed by atoms with Gasteiger partial charge in [0.05, 0.1) is 0 Å². The molecule has 2 rings (SSSR count). The molecule has 3 heteroatoms. The van der Waals surface area contributed by atoms with E-state index in [0.29, 0.717) is 0 Å². The Bertz CT molecular complexity index is 519. The molecule has 1 aromatic carbocycles. The summed E-state index contributed by atoms with van der Waals surface area (Å²) in [5.41, 5.74) is 2.33. The number of thiophene rings is 1. The minimum Gasteiger partial charge on any atom is -0.312 e. The van der Waals surface area contributed by atoms with Gasteiger partial charge >= 0.3 is 0 Å². The Morgan fingerprint density at radius 1 is 1.22 bits per heavy atom. The SMILES string of the molecule is CCCNCc1ccc(-c2ccc(C)cc2Cl)s1. The van der Waals surface area contributed by atoms with E-state index in [4.69, 9.17) is 11.6 Å². The smallest absolute Gasteiger partial charge is 0.0495 e. The van der Waals surface area contributed by atoms with Crippen molar-refractivity contribution in [2.24, 2.45) is 0 Å². The summed E-state index contributed by atoms with van der Waals surface area (Å²) in [5.74, 6) is 0. The van der Waals surface area contributed by atoms with E-state index in [0.717, 1.165) is 23.7 Å². The number of nitrogens with one attached hydrogen (secondary N) is 1. The van der Waals surface area contributed by atoms with Crippen molar-refractivity contribution in [3.05, 3.63) is 45.8 Å².